The van der Waals surface area contributed by atoms with E-state index in [1.54, 1.807) is 36.5 Å². The van der Waals surface area contributed by atoms with E-state index in [-0.39, 0.29) is 11.8 Å². The average Bonchev–Trinajstić information content (AvgIpc) is 2.87. The first-order valence-corrected chi connectivity index (χ1v) is 7.15. The molecule has 0 unspecified atom stereocenters. The Labute approximate surface area is 133 Å². The highest BCUT2D eigenvalue weighted by molar-refractivity contribution is 6.04. The summed E-state index contributed by atoms with van der Waals surface area (Å²) in [7, 11) is 0. The lowest BCUT2D eigenvalue weighted by Gasteiger charge is -2.07. The number of hydrogen-bond acceptors (Lipinski definition) is 3. The van der Waals surface area contributed by atoms with Gasteiger partial charge in [-0.1, -0.05) is 0 Å². The van der Waals surface area contributed by atoms with Crippen LogP contribution in [0, 0.1) is 6.92 Å². The van der Waals surface area contributed by atoms with Crippen molar-refractivity contribution in [3.8, 4) is 0 Å². The van der Waals surface area contributed by atoms with Gasteiger partial charge in [0.05, 0.1) is 11.3 Å². The Morgan fingerprint density at radius 2 is 1.61 bits per heavy atom. The molecule has 0 saturated carbocycles. The van der Waals surface area contributed by atoms with Gasteiger partial charge in [-0.25, -0.2) is 4.98 Å². The lowest BCUT2D eigenvalue weighted by molar-refractivity contribution is -0.114. The Morgan fingerprint density at radius 3 is 2.26 bits per heavy atom. The van der Waals surface area contributed by atoms with Gasteiger partial charge in [-0.3, -0.25) is 9.59 Å². The molecule has 3 aromatic rings. The molecule has 3 rings (SSSR count). The Kier molecular flexibility index (Phi) is 3.80. The first-order chi connectivity index (χ1) is 11.0. The fraction of sp³-hybridized carbons (Fsp3) is 0.118. The minimum Gasteiger partial charge on any atom is -0.326 e. The second-order valence-corrected chi connectivity index (χ2v) is 5.28. The van der Waals surface area contributed by atoms with Gasteiger partial charge < -0.3 is 15.0 Å². The van der Waals surface area contributed by atoms with E-state index in [9.17, 15) is 9.59 Å². The zero-order valence-corrected chi connectivity index (χ0v) is 12.8. The molecule has 23 heavy (non-hydrogen) atoms. The molecular weight excluding hydrogens is 292 g/mol. The predicted octanol–water partition coefficient (Wildman–Crippen LogP) is 2.85. The number of amides is 2. The fourth-order valence-electron chi connectivity index (χ4n) is 2.30. The molecule has 2 aromatic heterocycles. The lowest BCUT2D eigenvalue weighted by atomic mass is 10.2. The molecule has 0 aliphatic carbocycles. The van der Waals surface area contributed by atoms with Crippen molar-refractivity contribution in [2.75, 3.05) is 10.6 Å². The number of aromatic nitrogens is 2. The number of nitrogens with zero attached hydrogens (tertiary/aromatic N) is 2. The van der Waals surface area contributed by atoms with Crippen LogP contribution < -0.4 is 10.6 Å². The third-order valence-electron chi connectivity index (χ3n) is 3.30. The normalized spacial score (nSPS) is 10.5. The SMILES string of the molecule is CC(=O)Nc1ccc(NC(=O)c2ccc3nc(C)cn3c2)cc1. The highest BCUT2D eigenvalue weighted by Crippen LogP contribution is 2.15. The molecule has 0 atom stereocenters. The third-order valence-corrected chi connectivity index (χ3v) is 3.30. The number of benzene rings is 1. The van der Waals surface area contributed by atoms with Crippen molar-refractivity contribution in [2.24, 2.45) is 0 Å². The zero-order chi connectivity index (χ0) is 16.4. The summed E-state index contributed by atoms with van der Waals surface area (Å²) >= 11 is 0. The van der Waals surface area contributed by atoms with Crippen molar-refractivity contribution in [2.45, 2.75) is 13.8 Å². The van der Waals surface area contributed by atoms with E-state index in [0.717, 1.165) is 11.3 Å². The maximum atomic E-state index is 12.3. The molecule has 0 aliphatic heterocycles. The van der Waals surface area contributed by atoms with Gasteiger partial charge in [0.2, 0.25) is 5.91 Å². The van der Waals surface area contributed by atoms with Crippen LogP contribution in [0.5, 0.6) is 0 Å². The highest BCUT2D eigenvalue weighted by Gasteiger charge is 2.08. The Bertz CT molecular complexity index is 881. The largest absolute Gasteiger partial charge is 0.326 e. The summed E-state index contributed by atoms with van der Waals surface area (Å²) in [6.45, 7) is 3.35. The van der Waals surface area contributed by atoms with Crippen molar-refractivity contribution in [3.63, 3.8) is 0 Å². The number of rotatable bonds is 3. The van der Waals surface area contributed by atoms with Gasteiger partial charge in [-0.2, -0.15) is 0 Å². The summed E-state index contributed by atoms with van der Waals surface area (Å²) in [5.74, 6) is -0.337. The summed E-state index contributed by atoms with van der Waals surface area (Å²) in [4.78, 5) is 27.6. The number of carbonyl (C=O) groups is 2. The topological polar surface area (TPSA) is 75.5 Å². The van der Waals surface area contributed by atoms with Crippen LogP contribution in [-0.2, 0) is 4.79 Å². The fourth-order valence-corrected chi connectivity index (χ4v) is 2.30. The summed E-state index contributed by atoms with van der Waals surface area (Å²) in [6, 6.07) is 10.5. The van der Waals surface area contributed by atoms with Crippen LogP contribution in [0.1, 0.15) is 23.0 Å². The third kappa shape index (κ3) is 3.37. The second-order valence-electron chi connectivity index (χ2n) is 5.28. The number of anilines is 2. The summed E-state index contributed by atoms with van der Waals surface area (Å²) in [5.41, 5.74) is 3.59. The first kappa shape index (κ1) is 14.8. The van der Waals surface area contributed by atoms with Crippen LogP contribution in [-0.4, -0.2) is 21.2 Å². The molecule has 2 heterocycles. The molecule has 0 fully saturated rings. The van der Waals surface area contributed by atoms with Crippen LogP contribution in [0.15, 0.2) is 48.8 Å². The van der Waals surface area contributed by atoms with Crippen LogP contribution in [0.3, 0.4) is 0 Å². The number of fused-ring (bicyclic) bond motifs is 1. The van der Waals surface area contributed by atoms with E-state index in [1.165, 1.54) is 6.92 Å². The second kappa shape index (κ2) is 5.92. The Balaban J connectivity index is 1.75. The molecule has 0 spiro atoms. The van der Waals surface area contributed by atoms with Crippen molar-refractivity contribution < 1.29 is 9.59 Å². The number of carbonyl (C=O) groups excluding carboxylic acids is 2. The van der Waals surface area contributed by atoms with Crippen molar-refractivity contribution in [3.05, 3.63) is 60.0 Å². The molecule has 1 aromatic carbocycles. The maximum Gasteiger partial charge on any atom is 0.257 e. The number of imidazole rings is 1. The monoisotopic (exact) mass is 308 g/mol. The van der Waals surface area contributed by atoms with E-state index >= 15 is 0 Å². The van der Waals surface area contributed by atoms with E-state index in [0.29, 0.717) is 16.9 Å². The molecule has 0 aliphatic rings. The van der Waals surface area contributed by atoms with E-state index in [1.807, 2.05) is 23.6 Å². The molecule has 6 heteroatoms. The minimum atomic E-state index is -0.203. The number of nitrogens with one attached hydrogen (secondary N) is 2. The summed E-state index contributed by atoms with van der Waals surface area (Å²) in [6.07, 6.45) is 3.62. The van der Waals surface area contributed by atoms with Gasteiger partial charge in [0.1, 0.15) is 5.65 Å². The smallest absolute Gasteiger partial charge is 0.257 e. The molecule has 0 radical (unpaired) electrons. The summed E-state index contributed by atoms with van der Waals surface area (Å²) in [5, 5.41) is 5.50. The van der Waals surface area contributed by atoms with Gasteiger partial charge >= 0.3 is 0 Å². The van der Waals surface area contributed by atoms with Crippen molar-refractivity contribution in [1.29, 1.82) is 0 Å². The number of hydrogen-bond donors (Lipinski definition) is 2. The van der Waals surface area contributed by atoms with Crippen LogP contribution in [0.25, 0.3) is 5.65 Å². The molecule has 2 N–H and O–H groups in total. The highest BCUT2D eigenvalue weighted by atomic mass is 16.2. The minimum absolute atomic E-state index is 0.134. The lowest BCUT2D eigenvalue weighted by Crippen LogP contribution is -2.12. The van der Waals surface area contributed by atoms with Gasteiger partial charge in [0.25, 0.3) is 5.91 Å². The summed E-state index contributed by atoms with van der Waals surface area (Å²) < 4.78 is 1.82. The maximum absolute atomic E-state index is 12.3. The standard InChI is InChI=1S/C17H16N4O2/c1-11-9-21-10-13(3-8-16(21)18-11)17(23)20-15-6-4-14(5-7-15)19-12(2)22/h3-10H,1-2H3,(H,19,22)(H,20,23). The van der Waals surface area contributed by atoms with Crippen molar-refractivity contribution >= 4 is 28.8 Å². The molecular formula is C17H16N4O2. The van der Waals surface area contributed by atoms with E-state index < -0.39 is 0 Å². The average molecular weight is 308 g/mol. The van der Waals surface area contributed by atoms with Gasteiger partial charge in [0.15, 0.2) is 0 Å². The van der Waals surface area contributed by atoms with E-state index in [4.69, 9.17) is 0 Å². The van der Waals surface area contributed by atoms with Crippen molar-refractivity contribution in [1.82, 2.24) is 9.38 Å². The first-order valence-electron chi connectivity index (χ1n) is 7.15. The van der Waals surface area contributed by atoms with Crippen LogP contribution in [0.2, 0.25) is 0 Å². The Hall–Kier alpha value is -3.15. The predicted molar refractivity (Wildman–Crippen MR) is 88.6 cm³/mol. The molecule has 116 valence electrons. The van der Waals surface area contributed by atoms with Gasteiger partial charge in [-0.15, -0.1) is 0 Å². The molecule has 0 saturated heterocycles. The zero-order valence-electron chi connectivity index (χ0n) is 12.8. The van der Waals surface area contributed by atoms with Crippen LogP contribution >= 0.6 is 0 Å². The quantitative estimate of drug-likeness (QED) is 0.781. The molecule has 2 amide bonds. The molecule has 0 bridgehead atoms. The number of pyridine rings is 1. The molecule has 6 nitrogen and oxygen atoms in total. The van der Waals surface area contributed by atoms with Gasteiger partial charge in [0, 0.05) is 30.7 Å². The van der Waals surface area contributed by atoms with E-state index in [2.05, 4.69) is 15.6 Å². The number of aryl methyl sites for hydroxylation is 1. The van der Waals surface area contributed by atoms with Crippen LogP contribution in [0.4, 0.5) is 11.4 Å². The Morgan fingerprint density at radius 1 is 0.957 bits per heavy atom. The van der Waals surface area contributed by atoms with Gasteiger partial charge in [-0.05, 0) is 43.3 Å².